The Kier molecular flexibility index (Phi) is 7.66. The highest BCUT2D eigenvalue weighted by atomic mass is 32.2. The summed E-state index contributed by atoms with van der Waals surface area (Å²) in [6.07, 6.45) is 0. The average molecular weight is 443 g/mol. The maximum atomic E-state index is 14.3. The molecule has 0 saturated carbocycles. The lowest BCUT2D eigenvalue weighted by atomic mass is 10.1. The van der Waals surface area contributed by atoms with E-state index >= 15 is 0 Å². The molecule has 3 rings (SSSR count). The van der Waals surface area contributed by atoms with Crippen LogP contribution in [0.4, 0.5) is 11.4 Å². The summed E-state index contributed by atoms with van der Waals surface area (Å²) in [5.74, 6) is 0. The lowest BCUT2D eigenvalue weighted by Crippen LogP contribution is -2.43. The number of nitrogens with one attached hydrogen (secondary N) is 1. The number of nitro groups is 1. The minimum atomic E-state index is -2.93. The highest BCUT2D eigenvalue weighted by Gasteiger charge is 2.37. The summed E-state index contributed by atoms with van der Waals surface area (Å²) >= 11 is 0. The molecule has 1 saturated heterocycles. The summed E-state index contributed by atoms with van der Waals surface area (Å²) in [5.41, 5.74) is 1.36. The number of benzene rings is 1. The van der Waals surface area contributed by atoms with Crippen LogP contribution in [0.25, 0.3) is 0 Å². The first kappa shape index (κ1) is 22.9. The van der Waals surface area contributed by atoms with E-state index < -0.39 is 14.6 Å². The van der Waals surface area contributed by atoms with Crippen molar-refractivity contribution in [2.75, 3.05) is 78.3 Å². The Morgan fingerprint density at radius 3 is 2.60 bits per heavy atom. The van der Waals surface area contributed by atoms with Crippen molar-refractivity contribution in [1.82, 2.24) is 9.62 Å². The van der Waals surface area contributed by atoms with Crippen LogP contribution >= 0.6 is 0 Å². The van der Waals surface area contributed by atoms with Crippen LogP contribution in [0.3, 0.4) is 0 Å². The quantitative estimate of drug-likeness (QED) is 0.319. The molecular formula is C19H30N4O6S. The minimum Gasteiger partial charge on any atom is -0.383 e. The summed E-state index contributed by atoms with van der Waals surface area (Å²) in [6, 6.07) is 2.94. The third-order valence-electron chi connectivity index (χ3n) is 5.30. The van der Waals surface area contributed by atoms with Crippen LogP contribution in [0, 0.1) is 17.0 Å². The fourth-order valence-electron chi connectivity index (χ4n) is 3.84. The summed E-state index contributed by atoms with van der Waals surface area (Å²) in [5, 5.41) is 11.5. The van der Waals surface area contributed by atoms with Gasteiger partial charge in [-0.3, -0.25) is 15.0 Å². The van der Waals surface area contributed by atoms with Gasteiger partial charge in [0.15, 0.2) is 0 Å². The number of rotatable bonds is 10. The second-order valence-corrected chi connectivity index (χ2v) is 9.55. The van der Waals surface area contributed by atoms with Crippen molar-refractivity contribution in [3.8, 4) is 0 Å². The van der Waals surface area contributed by atoms with E-state index in [0.29, 0.717) is 54.9 Å². The van der Waals surface area contributed by atoms with Gasteiger partial charge in [-0.15, -0.1) is 0 Å². The molecule has 1 aromatic carbocycles. The van der Waals surface area contributed by atoms with E-state index in [9.17, 15) is 14.3 Å². The van der Waals surface area contributed by atoms with Gasteiger partial charge in [0.05, 0.1) is 51.6 Å². The number of hydrogen-bond donors (Lipinski definition) is 1. The number of nitro benzene ring substituents is 1. The molecular weight excluding hydrogens is 412 g/mol. The normalized spacial score (nSPS) is 21.8. The first-order valence-electron chi connectivity index (χ1n) is 9.91. The van der Waals surface area contributed by atoms with Gasteiger partial charge in [-0.2, -0.15) is 0 Å². The number of methoxy groups -OCH3 is 2. The highest BCUT2D eigenvalue weighted by molar-refractivity contribution is 8.01. The molecule has 1 fully saturated rings. The molecule has 0 bridgehead atoms. The topological polar surface area (TPSA) is 106 Å². The van der Waals surface area contributed by atoms with Crippen LogP contribution in [-0.2, 0) is 23.9 Å². The van der Waals surface area contributed by atoms with Gasteiger partial charge in [0.25, 0.3) is 5.69 Å². The second-order valence-electron chi connectivity index (χ2n) is 7.24. The molecule has 11 heteroatoms. The monoisotopic (exact) mass is 442 g/mol. The third-order valence-corrected chi connectivity index (χ3v) is 7.84. The van der Waals surface area contributed by atoms with Gasteiger partial charge in [-0.05, 0) is 12.5 Å². The molecule has 0 aromatic heterocycles. The predicted molar refractivity (Wildman–Crippen MR) is 116 cm³/mol. The fourth-order valence-corrected chi connectivity index (χ4v) is 6.40. The number of nitrogens with zero attached hydrogens (tertiary/aromatic N) is 3. The van der Waals surface area contributed by atoms with E-state index in [0.717, 1.165) is 18.8 Å². The van der Waals surface area contributed by atoms with Crippen LogP contribution < -0.4 is 9.62 Å². The first-order chi connectivity index (χ1) is 14.4. The van der Waals surface area contributed by atoms with E-state index in [2.05, 4.69) is 9.62 Å². The highest BCUT2D eigenvalue weighted by Crippen LogP contribution is 2.39. The molecule has 1 aromatic rings. The van der Waals surface area contributed by atoms with Crippen LogP contribution in [-0.4, -0.2) is 92.4 Å². The SMILES string of the molecule is COCCN1C(COC)=S(=O)(NCCN2CCOCC2)c2cc([N+](=O)[O-])cc(C)c21. The van der Waals surface area contributed by atoms with E-state index in [1.807, 2.05) is 4.90 Å². The van der Waals surface area contributed by atoms with Crippen molar-refractivity contribution in [3.05, 3.63) is 27.8 Å². The molecule has 0 spiro atoms. The van der Waals surface area contributed by atoms with Gasteiger partial charge in [0, 0.05) is 59.1 Å². The van der Waals surface area contributed by atoms with E-state index in [-0.39, 0.29) is 12.3 Å². The van der Waals surface area contributed by atoms with Crippen LogP contribution in [0.2, 0.25) is 0 Å². The maximum Gasteiger partial charge on any atom is 0.271 e. The van der Waals surface area contributed by atoms with Gasteiger partial charge in [-0.1, -0.05) is 0 Å². The van der Waals surface area contributed by atoms with Gasteiger partial charge in [0.2, 0.25) is 0 Å². The number of non-ortho nitro benzene ring substituents is 1. The second kappa shape index (κ2) is 10.0. The van der Waals surface area contributed by atoms with Gasteiger partial charge in [0.1, 0.15) is 4.99 Å². The zero-order valence-corrected chi connectivity index (χ0v) is 18.5. The molecule has 168 valence electrons. The zero-order chi connectivity index (χ0) is 21.7. The Morgan fingerprint density at radius 1 is 1.23 bits per heavy atom. The Bertz CT molecular complexity index is 893. The largest absolute Gasteiger partial charge is 0.383 e. The number of ether oxygens (including phenoxy) is 3. The van der Waals surface area contributed by atoms with Crippen molar-refractivity contribution < 1.29 is 23.3 Å². The molecule has 1 N–H and O–H groups in total. The molecule has 0 radical (unpaired) electrons. The van der Waals surface area contributed by atoms with Crippen molar-refractivity contribution in [2.45, 2.75) is 11.8 Å². The average Bonchev–Trinajstić information content (AvgIpc) is 2.96. The van der Waals surface area contributed by atoms with E-state index in [1.54, 1.807) is 21.1 Å². The zero-order valence-electron chi connectivity index (χ0n) is 17.7. The summed E-state index contributed by atoms with van der Waals surface area (Å²) < 4.78 is 33.5. The number of aryl methyl sites for hydroxylation is 1. The first-order valence-corrected chi connectivity index (χ1v) is 11.5. The summed E-state index contributed by atoms with van der Waals surface area (Å²) in [6.45, 7) is 7.08. The molecule has 10 nitrogen and oxygen atoms in total. The lowest BCUT2D eigenvalue weighted by Gasteiger charge is -2.27. The summed E-state index contributed by atoms with van der Waals surface area (Å²) in [7, 11) is 0.228. The summed E-state index contributed by atoms with van der Waals surface area (Å²) in [4.78, 5) is 16.2. The Morgan fingerprint density at radius 2 is 1.97 bits per heavy atom. The Balaban J connectivity index is 2.00. The molecule has 2 heterocycles. The Labute approximate surface area is 177 Å². The van der Waals surface area contributed by atoms with Gasteiger partial charge < -0.3 is 19.1 Å². The van der Waals surface area contributed by atoms with Crippen LogP contribution in [0.5, 0.6) is 0 Å². The number of fused-ring (bicyclic) bond motifs is 1. The van der Waals surface area contributed by atoms with Crippen molar-refractivity contribution >= 4 is 26.1 Å². The Hall–Kier alpha value is -1.76. The van der Waals surface area contributed by atoms with Crippen molar-refractivity contribution in [1.29, 1.82) is 0 Å². The molecule has 0 aliphatic carbocycles. The number of hydrogen-bond acceptors (Lipinski definition) is 8. The molecule has 30 heavy (non-hydrogen) atoms. The molecule has 2 aliphatic heterocycles. The molecule has 1 unspecified atom stereocenters. The lowest BCUT2D eigenvalue weighted by molar-refractivity contribution is -0.385. The number of morpholine rings is 1. The smallest absolute Gasteiger partial charge is 0.271 e. The number of anilines is 1. The minimum absolute atomic E-state index is 0.0701. The van der Waals surface area contributed by atoms with Crippen molar-refractivity contribution in [2.24, 2.45) is 0 Å². The van der Waals surface area contributed by atoms with Gasteiger partial charge in [-0.25, -0.2) is 8.93 Å². The van der Waals surface area contributed by atoms with Crippen LogP contribution in [0.1, 0.15) is 5.56 Å². The molecule has 1 atom stereocenters. The maximum absolute atomic E-state index is 14.3. The van der Waals surface area contributed by atoms with Crippen molar-refractivity contribution in [3.63, 3.8) is 0 Å². The standard InChI is InChI=1S/C19H30N4O6S/c1-15-12-16(23(24)25)13-17-19(15)22(8-9-27-2)18(14-28-3)30(17,26)20-4-5-21-6-10-29-11-7-21/h12-13H,4-11,14H2,1-3H3,(H,20,26). The van der Waals surface area contributed by atoms with Crippen LogP contribution in [0.15, 0.2) is 17.0 Å². The van der Waals surface area contributed by atoms with Gasteiger partial charge >= 0.3 is 0 Å². The fraction of sp³-hybridized carbons (Fsp3) is 0.632. The van der Waals surface area contributed by atoms with E-state index in [4.69, 9.17) is 14.2 Å². The predicted octanol–water partition coefficient (Wildman–Crippen LogP) is 0.626. The van der Waals surface area contributed by atoms with E-state index in [1.165, 1.54) is 12.1 Å². The molecule has 2 aliphatic rings. The third kappa shape index (κ3) is 4.61. The molecule has 0 amide bonds.